The van der Waals surface area contributed by atoms with Crippen LogP contribution in [0.25, 0.3) is 0 Å². The molecule has 0 spiro atoms. The van der Waals surface area contributed by atoms with Gasteiger partial charge in [0, 0.05) is 19.0 Å². The number of aliphatic imine (C=N–C) groups is 1. The molecule has 0 atom stereocenters. The standard InChI is InChI=1S/C13H29N3.C2H4O2/c1-7-9-10-15-11(14)16-13(5,6)12(3,4)8-2;1-2(3)4/h7-10H2,1-6H3,(H3,14,15,16);1H3,(H,3,4). The number of aliphatic carboxylic acids is 1. The van der Waals surface area contributed by atoms with Crippen LogP contribution in [0.3, 0.4) is 0 Å². The highest BCUT2D eigenvalue weighted by Gasteiger charge is 2.35. The molecule has 0 saturated carbocycles. The van der Waals surface area contributed by atoms with Gasteiger partial charge in [-0.15, -0.1) is 0 Å². The summed E-state index contributed by atoms with van der Waals surface area (Å²) < 4.78 is 0. The molecule has 0 amide bonds. The number of carbonyl (C=O) groups is 1. The fourth-order valence-corrected chi connectivity index (χ4v) is 1.33. The van der Waals surface area contributed by atoms with Gasteiger partial charge in [-0.25, -0.2) is 0 Å². The third-order valence-electron chi connectivity index (χ3n) is 3.81. The van der Waals surface area contributed by atoms with Gasteiger partial charge in [-0.1, -0.05) is 34.1 Å². The lowest BCUT2D eigenvalue weighted by Crippen LogP contribution is -2.55. The van der Waals surface area contributed by atoms with Gasteiger partial charge >= 0.3 is 0 Å². The Morgan fingerprint density at radius 3 is 2.05 bits per heavy atom. The van der Waals surface area contributed by atoms with Gasteiger partial charge in [0.25, 0.3) is 5.97 Å². The van der Waals surface area contributed by atoms with Crippen molar-refractivity contribution in [2.75, 3.05) is 6.54 Å². The number of rotatable bonds is 6. The first-order chi connectivity index (χ1) is 9.00. The maximum absolute atomic E-state index is 9.00. The van der Waals surface area contributed by atoms with Crippen molar-refractivity contribution in [1.82, 2.24) is 5.32 Å². The van der Waals surface area contributed by atoms with E-state index in [1.807, 2.05) is 0 Å². The number of nitrogens with one attached hydrogen (secondary N) is 1. The third-order valence-corrected chi connectivity index (χ3v) is 3.81. The zero-order valence-corrected chi connectivity index (χ0v) is 14.2. The molecule has 0 heterocycles. The molecule has 0 aromatic rings. The summed E-state index contributed by atoms with van der Waals surface area (Å²) in [6.45, 7) is 15.1. The van der Waals surface area contributed by atoms with Crippen LogP contribution in [0.5, 0.6) is 0 Å². The van der Waals surface area contributed by atoms with Gasteiger partial charge in [0.2, 0.25) is 0 Å². The Morgan fingerprint density at radius 2 is 1.70 bits per heavy atom. The molecule has 5 heteroatoms. The van der Waals surface area contributed by atoms with E-state index < -0.39 is 5.97 Å². The average molecular weight is 287 g/mol. The van der Waals surface area contributed by atoms with Crippen LogP contribution >= 0.6 is 0 Å². The number of guanidine groups is 1. The summed E-state index contributed by atoms with van der Waals surface area (Å²) in [6.07, 6.45) is 3.36. The molecule has 0 aliphatic rings. The van der Waals surface area contributed by atoms with Gasteiger partial charge in [0.15, 0.2) is 5.96 Å². The van der Waals surface area contributed by atoms with E-state index in [9.17, 15) is 0 Å². The zero-order chi connectivity index (χ0) is 16.4. The van der Waals surface area contributed by atoms with Gasteiger partial charge in [-0.3, -0.25) is 9.79 Å². The molecule has 0 aromatic carbocycles. The van der Waals surface area contributed by atoms with Crippen LogP contribution in [-0.4, -0.2) is 29.1 Å². The number of hydrogen-bond acceptors (Lipinski definition) is 2. The number of nitrogens with two attached hydrogens (primary N) is 1. The fraction of sp³-hybridized carbons (Fsp3) is 0.867. The Bertz CT molecular complexity index is 306. The number of unbranched alkanes of at least 4 members (excludes halogenated alkanes) is 1. The molecule has 0 rings (SSSR count). The van der Waals surface area contributed by atoms with E-state index in [1.165, 1.54) is 0 Å². The predicted molar refractivity (Wildman–Crippen MR) is 86.0 cm³/mol. The Kier molecular flexibility index (Phi) is 10.1. The van der Waals surface area contributed by atoms with Crippen LogP contribution in [0.15, 0.2) is 4.99 Å². The van der Waals surface area contributed by atoms with Crippen molar-refractivity contribution in [2.24, 2.45) is 16.1 Å². The van der Waals surface area contributed by atoms with E-state index in [-0.39, 0.29) is 11.0 Å². The van der Waals surface area contributed by atoms with E-state index in [0.29, 0.717) is 5.96 Å². The summed E-state index contributed by atoms with van der Waals surface area (Å²) >= 11 is 0. The second-order valence-electron chi connectivity index (χ2n) is 6.13. The lowest BCUT2D eigenvalue weighted by molar-refractivity contribution is -0.134. The van der Waals surface area contributed by atoms with Gasteiger partial charge in [-0.05, 0) is 32.1 Å². The summed E-state index contributed by atoms with van der Waals surface area (Å²) in [5.74, 6) is -0.264. The van der Waals surface area contributed by atoms with Gasteiger partial charge in [0.05, 0.1) is 0 Å². The Labute approximate surface area is 124 Å². The van der Waals surface area contributed by atoms with Gasteiger partial charge in [-0.2, -0.15) is 0 Å². The molecule has 0 unspecified atom stereocenters. The Morgan fingerprint density at radius 1 is 1.25 bits per heavy atom. The Hall–Kier alpha value is -1.26. The highest BCUT2D eigenvalue weighted by molar-refractivity contribution is 5.78. The monoisotopic (exact) mass is 287 g/mol. The molecular weight excluding hydrogens is 254 g/mol. The summed E-state index contributed by atoms with van der Waals surface area (Å²) in [5, 5.41) is 10.8. The van der Waals surface area contributed by atoms with E-state index in [0.717, 1.165) is 32.7 Å². The molecule has 5 nitrogen and oxygen atoms in total. The molecule has 20 heavy (non-hydrogen) atoms. The molecule has 0 aliphatic heterocycles. The van der Waals surface area contributed by atoms with Crippen LogP contribution in [0.2, 0.25) is 0 Å². The second-order valence-corrected chi connectivity index (χ2v) is 6.13. The molecule has 0 radical (unpaired) electrons. The lowest BCUT2D eigenvalue weighted by Gasteiger charge is -2.42. The van der Waals surface area contributed by atoms with Crippen LogP contribution in [0.1, 0.15) is 67.7 Å². The normalized spacial score (nSPS) is 12.4. The smallest absolute Gasteiger partial charge is 0.300 e. The number of carboxylic acid groups (broad SMARTS) is 1. The molecular formula is C15H33N3O2. The van der Waals surface area contributed by atoms with Crippen molar-refractivity contribution in [3.8, 4) is 0 Å². The first-order valence-corrected chi connectivity index (χ1v) is 7.27. The SMILES string of the molecule is CC(=O)O.CCCCN=C(N)NC(C)(C)C(C)(C)CC. The average Bonchev–Trinajstić information content (AvgIpc) is 2.27. The summed E-state index contributed by atoms with van der Waals surface area (Å²) in [5.41, 5.74) is 6.04. The zero-order valence-electron chi connectivity index (χ0n) is 14.2. The molecule has 0 bridgehead atoms. The van der Waals surface area contributed by atoms with Crippen LogP contribution in [0.4, 0.5) is 0 Å². The van der Waals surface area contributed by atoms with Crippen molar-refractivity contribution in [1.29, 1.82) is 0 Å². The minimum atomic E-state index is -0.833. The van der Waals surface area contributed by atoms with E-state index >= 15 is 0 Å². The minimum absolute atomic E-state index is 0.0401. The molecule has 0 aliphatic carbocycles. The van der Waals surface area contributed by atoms with Gasteiger partial charge in [0.1, 0.15) is 0 Å². The largest absolute Gasteiger partial charge is 0.481 e. The summed E-state index contributed by atoms with van der Waals surface area (Å²) in [6, 6.07) is 0. The highest BCUT2D eigenvalue weighted by atomic mass is 16.4. The van der Waals surface area contributed by atoms with E-state index in [4.69, 9.17) is 15.6 Å². The van der Waals surface area contributed by atoms with E-state index in [2.05, 4.69) is 51.9 Å². The minimum Gasteiger partial charge on any atom is -0.481 e. The van der Waals surface area contributed by atoms with Crippen molar-refractivity contribution >= 4 is 11.9 Å². The number of carboxylic acids is 1. The van der Waals surface area contributed by atoms with Crippen molar-refractivity contribution < 1.29 is 9.90 Å². The van der Waals surface area contributed by atoms with Crippen LogP contribution in [0, 0.1) is 5.41 Å². The van der Waals surface area contributed by atoms with Crippen molar-refractivity contribution in [3.63, 3.8) is 0 Å². The van der Waals surface area contributed by atoms with E-state index in [1.54, 1.807) is 0 Å². The van der Waals surface area contributed by atoms with Gasteiger partial charge < -0.3 is 16.2 Å². The lowest BCUT2D eigenvalue weighted by atomic mass is 9.73. The maximum Gasteiger partial charge on any atom is 0.300 e. The molecule has 4 N–H and O–H groups in total. The maximum atomic E-state index is 9.00. The molecule has 0 aromatic heterocycles. The van der Waals surface area contributed by atoms with Crippen LogP contribution < -0.4 is 11.1 Å². The van der Waals surface area contributed by atoms with Crippen molar-refractivity contribution in [2.45, 2.75) is 73.3 Å². The fourth-order valence-electron chi connectivity index (χ4n) is 1.33. The quantitative estimate of drug-likeness (QED) is 0.398. The molecule has 120 valence electrons. The van der Waals surface area contributed by atoms with Crippen LogP contribution in [-0.2, 0) is 4.79 Å². The highest BCUT2D eigenvalue weighted by Crippen LogP contribution is 2.33. The molecule has 0 saturated heterocycles. The summed E-state index contributed by atoms with van der Waals surface area (Å²) in [4.78, 5) is 13.3. The third kappa shape index (κ3) is 9.64. The topological polar surface area (TPSA) is 87.7 Å². The first-order valence-electron chi connectivity index (χ1n) is 7.27. The predicted octanol–water partition coefficient (Wildman–Crippen LogP) is 3.00. The first kappa shape index (κ1) is 21.0. The number of nitrogens with zero attached hydrogens (tertiary/aromatic N) is 1. The second kappa shape index (κ2) is 9.61. The molecule has 0 fully saturated rings. The van der Waals surface area contributed by atoms with Crippen molar-refractivity contribution in [3.05, 3.63) is 0 Å². The number of hydrogen-bond donors (Lipinski definition) is 3. The Balaban J connectivity index is 0. The summed E-state index contributed by atoms with van der Waals surface area (Å²) in [7, 11) is 0.